The number of piperidine rings is 1. The van der Waals surface area contributed by atoms with E-state index in [0.717, 1.165) is 17.9 Å². The maximum Gasteiger partial charge on any atom is 0.106 e. The second-order valence-electron chi connectivity index (χ2n) is 7.44. The molecule has 2 saturated heterocycles. The van der Waals surface area contributed by atoms with Crippen LogP contribution in [0, 0.1) is 23.7 Å². The maximum atomic E-state index is 6.43. The maximum absolute atomic E-state index is 6.43. The third-order valence-electron chi connectivity index (χ3n) is 6.43. The second-order valence-corrected chi connectivity index (χ2v) is 8.00. The van der Waals surface area contributed by atoms with Crippen molar-refractivity contribution in [1.29, 1.82) is 0 Å². The van der Waals surface area contributed by atoms with Gasteiger partial charge < -0.3 is 4.84 Å². The number of fused-ring (bicyclic) bond motifs is 2. The molecule has 3 fully saturated rings. The van der Waals surface area contributed by atoms with E-state index in [0.29, 0.717) is 23.3 Å². The lowest BCUT2D eigenvalue weighted by atomic mass is 9.67. The van der Waals surface area contributed by atoms with Crippen molar-refractivity contribution >= 4 is 17.8 Å². The van der Waals surface area contributed by atoms with Crippen LogP contribution >= 0.6 is 11.6 Å². The molecule has 4 unspecified atom stereocenters. The zero-order valence-corrected chi connectivity index (χ0v) is 14.3. The molecule has 0 aromatic rings. The highest BCUT2D eigenvalue weighted by Gasteiger charge is 2.48. The van der Waals surface area contributed by atoms with Crippen LogP contribution < -0.4 is 0 Å². The molecule has 0 aromatic heterocycles. The van der Waals surface area contributed by atoms with Crippen LogP contribution in [0.3, 0.4) is 0 Å². The summed E-state index contributed by atoms with van der Waals surface area (Å²) < 4.78 is 0. The lowest BCUT2D eigenvalue weighted by Gasteiger charge is -2.46. The fourth-order valence-corrected chi connectivity index (χ4v) is 5.41. The van der Waals surface area contributed by atoms with Gasteiger partial charge in [-0.15, -0.1) is 11.6 Å². The zero-order chi connectivity index (χ0) is 15.0. The average molecular weight is 313 g/mol. The van der Waals surface area contributed by atoms with Gasteiger partial charge in [-0.3, -0.25) is 4.90 Å². The van der Waals surface area contributed by atoms with Gasteiger partial charge in [-0.25, -0.2) is 0 Å². The predicted octanol–water partition coefficient (Wildman–Crippen LogP) is 3.76. The molecular formula is C17H29ClN2O. The normalized spacial score (nSPS) is 47.9. The van der Waals surface area contributed by atoms with E-state index in [1.807, 2.05) is 0 Å². The van der Waals surface area contributed by atoms with Gasteiger partial charge in [0.1, 0.15) is 7.11 Å². The van der Waals surface area contributed by atoms with Crippen molar-refractivity contribution in [2.45, 2.75) is 62.9 Å². The lowest BCUT2D eigenvalue weighted by molar-refractivity contribution is 0.0510. The van der Waals surface area contributed by atoms with E-state index in [9.17, 15) is 0 Å². The fourth-order valence-electron chi connectivity index (χ4n) is 5.18. The van der Waals surface area contributed by atoms with Gasteiger partial charge in [0.15, 0.2) is 0 Å². The Hall–Kier alpha value is -0.280. The number of hydrogen-bond acceptors (Lipinski definition) is 3. The van der Waals surface area contributed by atoms with Crippen LogP contribution in [-0.4, -0.2) is 42.7 Å². The van der Waals surface area contributed by atoms with Crippen molar-refractivity contribution in [3.8, 4) is 0 Å². The van der Waals surface area contributed by atoms with Gasteiger partial charge in [0, 0.05) is 29.6 Å². The first-order valence-corrected chi connectivity index (χ1v) is 8.98. The van der Waals surface area contributed by atoms with E-state index >= 15 is 0 Å². The Balaban J connectivity index is 1.77. The minimum Gasteiger partial charge on any atom is -0.399 e. The Morgan fingerprint density at radius 1 is 1.19 bits per heavy atom. The SMILES string of the molecule is CO/N=C/[C@H]1C2CC[C@H](C[C@@H]1C1CCC(Cl)C(C)C1)N2C. The molecule has 21 heavy (non-hydrogen) atoms. The Labute approximate surface area is 134 Å². The van der Waals surface area contributed by atoms with E-state index in [1.165, 1.54) is 38.5 Å². The van der Waals surface area contributed by atoms with Crippen molar-refractivity contribution in [2.75, 3.05) is 14.2 Å². The molecule has 0 spiro atoms. The number of nitrogens with zero attached hydrogens (tertiary/aromatic N) is 2. The fraction of sp³-hybridized carbons (Fsp3) is 0.941. The molecule has 0 radical (unpaired) electrons. The molecule has 2 aliphatic heterocycles. The van der Waals surface area contributed by atoms with E-state index in [1.54, 1.807) is 7.11 Å². The zero-order valence-electron chi connectivity index (χ0n) is 13.5. The van der Waals surface area contributed by atoms with Gasteiger partial charge in [-0.05, 0) is 63.3 Å². The summed E-state index contributed by atoms with van der Waals surface area (Å²) in [5.74, 6) is 2.80. The van der Waals surface area contributed by atoms with Gasteiger partial charge in [-0.1, -0.05) is 12.1 Å². The minimum atomic E-state index is 0.385. The molecular weight excluding hydrogens is 284 g/mol. The highest BCUT2D eigenvalue weighted by Crippen LogP contribution is 2.48. The summed E-state index contributed by atoms with van der Waals surface area (Å²) >= 11 is 6.43. The second kappa shape index (κ2) is 6.45. The van der Waals surface area contributed by atoms with E-state index in [4.69, 9.17) is 16.4 Å². The number of halogens is 1. The minimum absolute atomic E-state index is 0.385. The van der Waals surface area contributed by atoms with Gasteiger partial charge in [0.05, 0.1) is 0 Å². The summed E-state index contributed by atoms with van der Waals surface area (Å²) in [6.45, 7) is 2.33. The van der Waals surface area contributed by atoms with Crippen LogP contribution in [0.2, 0.25) is 0 Å². The van der Waals surface area contributed by atoms with Crippen LogP contribution in [0.4, 0.5) is 0 Å². The molecule has 3 rings (SSSR count). The van der Waals surface area contributed by atoms with Gasteiger partial charge >= 0.3 is 0 Å². The van der Waals surface area contributed by atoms with Crippen molar-refractivity contribution in [1.82, 2.24) is 4.90 Å². The summed E-state index contributed by atoms with van der Waals surface area (Å²) in [6.07, 6.45) is 9.88. The first-order valence-electron chi connectivity index (χ1n) is 8.54. The van der Waals surface area contributed by atoms with Crippen molar-refractivity contribution in [3.05, 3.63) is 0 Å². The number of oxime groups is 1. The van der Waals surface area contributed by atoms with Gasteiger partial charge in [0.2, 0.25) is 0 Å². The van der Waals surface area contributed by atoms with Crippen LogP contribution in [0.25, 0.3) is 0 Å². The predicted molar refractivity (Wildman–Crippen MR) is 87.8 cm³/mol. The van der Waals surface area contributed by atoms with E-state index in [2.05, 4.69) is 30.2 Å². The van der Waals surface area contributed by atoms with Crippen LogP contribution in [0.5, 0.6) is 0 Å². The van der Waals surface area contributed by atoms with Gasteiger partial charge in [0.25, 0.3) is 0 Å². The molecule has 2 heterocycles. The molecule has 3 nitrogen and oxygen atoms in total. The molecule has 0 aromatic carbocycles. The molecule has 3 aliphatic rings. The van der Waals surface area contributed by atoms with Gasteiger partial charge in [-0.2, -0.15) is 0 Å². The monoisotopic (exact) mass is 312 g/mol. The molecule has 0 amide bonds. The Morgan fingerprint density at radius 2 is 2.00 bits per heavy atom. The molecule has 7 atom stereocenters. The quantitative estimate of drug-likeness (QED) is 0.450. The molecule has 120 valence electrons. The first kappa shape index (κ1) is 15.6. The van der Waals surface area contributed by atoms with Crippen molar-refractivity contribution < 1.29 is 4.84 Å². The van der Waals surface area contributed by atoms with E-state index < -0.39 is 0 Å². The summed E-state index contributed by atoms with van der Waals surface area (Å²) in [5, 5.41) is 4.53. The highest BCUT2D eigenvalue weighted by molar-refractivity contribution is 6.20. The van der Waals surface area contributed by atoms with Crippen LogP contribution in [0.1, 0.15) is 45.4 Å². The Bertz CT molecular complexity index is 389. The summed E-state index contributed by atoms with van der Waals surface area (Å²) in [4.78, 5) is 7.59. The topological polar surface area (TPSA) is 24.8 Å². The Kier molecular flexibility index (Phi) is 4.80. The van der Waals surface area contributed by atoms with Crippen LogP contribution in [-0.2, 0) is 4.84 Å². The van der Waals surface area contributed by atoms with Crippen LogP contribution in [0.15, 0.2) is 5.16 Å². The average Bonchev–Trinajstić information content (AvgIpc) is 2.72. The number of rotatable bonds is 3. The van der Waals surface area contributed by atoms with Crippen molar-refractivity contribution in [3.63, 3.8) is 0 Å². The third-order valence-corrected chi connectivity index (χ3v) is 7.08. The number of alkyl halides is 1. The van der Waals surface area contributed by atoms with E-state index in [-0.39, 0.29) is 0 Å². The summed E-state index contributed by atoms with van der Waals surface area (Å²) in [5.41, 5.74) is 0. The molecule has 2 bridgehead atoms. The standard InChI is InChI=1S/C17H29ClN2O/c1-11-8-12(4-6-16(11)18)14-9-13-5-7-17(20(13)2)15(14)10-19-21-3/h10-17H,4-9H2,1-3H3/b19-10+/t11?,12?,13-,14-,15-,16?,17?/m1/s1. The molecule has 1 saturated carbocycles. The first-order chi connectivity index (χ1) is 10.1. The molecule has 0 N–H and O–H groups in total. The lowest BCUT2D eigenvalue weighted by Crippen LogP contribution is -2.50. The molecule has 1 aliphatic carbocycles. The largest absolute Gasteiger partial charge is 0.399 e. The smallest absolute Gasteiger partial charge is 0.106 e. The summed E-state index contributed by atoms with van der Waals surface area (Å²) in [7, 11) is 3.95. The Morgan fingerprint density at radius 3 is 2.71 bits per heavy atom. The summed E-state index contributed by atoms with van der Waals surface area (Å²) in [6, 6.07) is 1.45. The highest BCUT2D eigenvalue weighted by atomic mass is 35.5. The number of hydrogen-bond donors (Lipinski definition) is 0. The third kappa shape index (κ3) is 2.96. The van der Waals surface area contributed by atoms with Crippen molar-refractivity contribution in [2.24, 2.45) is 28.8 Å². The molecule has 4 heteroatoms.